The number of carbonyl (C=O) groups excluding carboxylic acids is 1. The van der Waals surface area contributed by atoms with Crippen molar-refractivity contribution >= 4 is 5.91 Å². The van der Waals surface area contributed by atoms with Crippen LogP contribution in [0.25, 0.3) is 0 Å². The molecule has 0 spiro atoms. The minimum atomic E-state index is -0.476. The lowest BCUT2D eigenvalue weighted by Crippen LogP contribution is -2.56. The van der Waals surface area contributed by atoms with Crippen molar-refractivity contribution in [3.8, 4) is 0 Å². The van der Waals surface area contributed by atoms with Crippen LogP contribution in [-0.4, -0.2) is 35.8 Å². The summed E-state index contributed by atoms with van der Waals surface area (Å²) in [6.45, 7) is 0. The molecular formula is C14H23NO3. The van der Waals surface area contributed by atoms with Gasteiger partial charge in [-0.05, 0) is 55.8 Å². The maximum atomic E-state index is 12.1. The largest absolute Gasteiger partial charge is 0.390 e. The fourth-order valence-corrected chi connectivity index (χ4v) is 5.14. The van der Waals surface area contributed by atoms with Gasteiger partial charge >= 0.3 is 0 Å². The summed E-state index contributed by atoms with van der Waals surface area (Å²) in [5, 5.41) is 11.9. The summed E-state index contributed by atoms with van der Waals surface area (Å²) in [5.41, 5.74) is -0.432. The molecule has 18 heavy (non-hydrogen) atoms. The van der Waals surface area contributed by atoms with Gasteiger partial charge in [-0.25, -0.2) is 5.06 Å². The molecule has 0 aromatic heterocycles. The van der Waals surface area contributed by atoms with Crippen molar-refractivity contribution in [2.45, 2.75) is 50.5 Å². The van der Waals surface area contributed by atoms with Crippen LogP contribution in [-0.2, 0) is 9.63 Å². The van der Waals surface area contributed by atoms with Gasteiger partial charge in [0.2, 0.25) is 5.91 Å². The highest BCUT2D eigenvalue weighted by Gasteiger charge is 2.57. The van der Waals surface area contributed by atoms with Gasteiger partial charge < -0.3 is 5.11 Å². The molecule has 4 bridgehead atoms. The molecule has 0 aromatic rings. The third kappa shape index (κ3) is 1.95. The van der Waals surface area contributed by atoms with E-state index in [0.717, 1.165) is 32.1 Å². The zero-order chi connectivity index (χ0) is 13.0. The Balaban J connectivity index is 1.77. The maximum absolute atomic E-state index is 12.1. The molecule has 1 N–H and O–H groups in total. The molecule has 0 heterocycles. The summed E-state index contributed by atoms with van der Waals surface area (Å²) in [4.78, 5) is 17.1. The van der Waals surface area contributed by atoms with Gasteiger partial charge in [0.1, 0.15) is 0 Å². The average Bonchev–Trinajstić information content (AvgIpc) is 2.23. The number of nitrogens with zero attached hydrogens (tertiary/aromatic N) is 1. The summed E-state index contributed by atoms with van der Waals surface area (Å²) in [6, 6.07) is 0. The first-order chi connectivity index (χ1) is 8.44. The molecule has 0 unspecified atom stereocenters. The summed E-state index contributed by atoms with van der Waals surface area (Å²) in [6.07, 6.45) is 6.77. The molecule has 2 atom stereocenters. The summed E-state index contributed by atoms with van der Waals surface area (Å²) in [5.74, 6) is 1.32. The van der Waals surface area contributed by atoms with Gasteiger partial charge in [-0.15, -0.1) is 0 Å². The standard InChI is InChI=1S/C14H23NO3/c1-15(18-2)12(16)8-13-4-10-3-11(5-13)7-14(17,6-10)9-13/h10-11,17H,3-9H2,1-2H3/t10-,11-,13?,14?/m1/s1. The predicted octanol–water partition coefficient (Wildman–Crippen LogP) is 1.73. The highest BCUT2D eigenvalue weighted by molar-refractivity contribution is 5.75. The fraction of sp³-hybridized carbons (Fsp3) is 0.929. The first kappa shape index (κ1) is 12.4. The van der Waals surface area contributed by atoms with Crippen molar-refractivity contribution in [3.63, 3.8) is 0 Å². The number of rotatable bonds is 3. The van der Waals surface area contributed by atoms with Crippen LogP contribution in [0.15, 0.2) is 0 Å². The molecule has 0 saturated heterocycles. The Morgan fingerprint density at radius 2 is 1.94 bits per heavy atom. The van der Waals surface area contributed by atoms with Gasteiger partial charge in [0.15, 0.2) is 0 Å². The van der Waals surface area contributed by atoms with Crippen LogP contribution in [0.2, 0.25) is 0 Å². The molecule has 4 aliphatic carbocycles. The Labute approximate surface area is 108 Å². The molecule has 4 heteroatoms. The van der Waals surface area contributed by atoms with Crippen molar-refractivity contribution in [2.75, 3.05) is 14.2 Å². The van der Waals surface area contributed by atoms with Gasteiger partial charge in [-0.2, -0.15) is 0 Å². The van der Waals surface area contributed by atoms with Crippen molar-refractivity contribution in [2.24, 2.45) is 17.3 Å². The van der Waals surface area contributed by atoms with E-state index in [-0.39, 0.29) is 11.3 Å². The lowest BCUT2D eigenvalue weighted by Gasteiger charge is -2.60. The monoisotopic (exact) mass is 253 g/mol. The molecule has 102 valence electrons. The molecule has 4 nitrogen and oxygen atoms in total. The van der Waals surface area contributed by atoms with Gasteiger partial charge in [-0.1, -0.05) is 0 Å². The number of amides is 1. The zero-order valence-electron chi connectivity index (χ0n) is 11.3. The third-order valence-electron chi connectivity index (χ3n) is 5.30. The number of hydrogen-bond donors (Lipinski definition) is 1. The van der Waals surface area contributed by atoms with E-state index in [9.17, 15) is 9.90 Å². The summed E-state index contributed by atoms with van der Waals surface area (Å²) in [7, 11) is 3.18. The van der Waals surface area contributed by atoms with Crippen LogP contribution in [0.4, 0.5) is 0 Å². The Bertz CT molecular complexity index is 354. The Hall–Kier alpha value is -0.610. The van der Waals surface area contributed by atoms with E-state index >= 15 is 0 Å². The van der Waals surface area contributed by atoms with Gasteiger partial charge in [0.25, 0.3) is 0 Å². The lowest BCUT2D eigenvalue weighted by molar-refractivity contribution is -0.188. The van der Waals surface area contributed by atoms with Crippen molar-refractivity contribution in [3.05, 3.63) is 0 Å². The topological polar surface area (TPSA) is 49.8 Å². The molecule has 0 aromatic carbocycles. The first-order valence-corrected chi connectivity index (χ1v) is 6.97. The molecule has 0 radical (unpaired) electrons. The van der Waals surface area contributed by atoms with Gasteiger partial charge in [-0.3, -0.25) is 9.63 Å². The normalized spacial score (nSPS) is 45.3. The van der Waals surface area contributed by atoms with Crippen molar-refractivity contribution in [1.82, 2.24) is 5.06 Å². The summed E-state index contributed by atoms with van der Waals surface area (Å²) >= 11 is 0. The van der Waals surface area contributed by atoms with Gasteiger partial charge in [0.05, 0.1) is 12.7 Å². The van der Waals surface area contributed by atoms with Crippen LogP contribution in [0.3, 0.4) is 0 Å². The second-order valence-corrected chi connectivity index (χ2v) is 6.94. The highest BCUT2D eigenvalue weighted by atomic mass is 16.7. The van der Waals surface area contributed by atoms with Crippen molar-refractivity contribution in [1.29, 1.82) is 0 Å². The Kier molecular flexibility index (Phi) is 2.72. The Morgan fingerprint density at radius 1 is 1.33 bits per heavy atom. The minimum Gasteiger partial charge on any atom is -0.390 e. The minimum absolute atomic E-state index is 0.0444. The quantitative estimate of drug-likeness (QED) is 0.779. The number of hydroxylamine groups is 2. The molecule has 4 fully saturated rings. The molecular weight excluding hydrogens is 230 g/mol. The van der Waals surface area contributed by atoms with E-state index in [2.05, 4.69) is 0 Å². The van der Waals surface area contributed by atoms with E-state index in [4.69, 9.17) is 4.84 Å². The molecule has 1 amide bonds. The number of aliphatic hydroxyl groups is 1. The SMILES string of the molecule is CON(C)C(=O)CC12C[C@H]3C[C@@H](CC(O)(C3)C1)C2. The van der Waals surface area contributed by atoms with Crippen molar-refractivity contribution < 1.29 is 14.7 Å². The highest BCUT2D eigenvalue weighted by Crippen LogP contribution is 2.62. The summed E-state index contributed by atoms with van der Waals surface area (Å²) < 4.78 is 0. The average molecular weight is 253 g/mol. The van der Waals surface area contributed by atoms with Gasteiger partial charge in [0, 0.05) is 13.5 Å². The van der Waals surface area contributed by atoms with E-state index in [1.807, 2.05) is 0 Å². The fourth-order valence-electron chi connectivity index (χ4n) is 5.14. The van der Waals surface area contributed by atoms with E-state index < -0.39 is 5.60 Å². The zero-order valence-corrected chi connectivity index (χ0v) is 11.3. The van der Waals surface area contributed by atoms with Crippen LogP contribution in [0.1, 0.15) is 44.9 Å². The smallest absolute Gasteiger partial charge is 0.246 e. The lowest BCUT2D eigenvalue weighted by atomic mass is 9.47. The second kappa shape index (κ2) is 3.94. The predicted molar refractivity (Wildman–Crippen MR) is 66.5 cm³/mol. The number of carbonyl (C=O) groups is 1. The van der Waals surface area contributed by atoms with Crippen LogP contribution in [0, 0.1) is 17.3 Å². The van der Waals surface area contributed by atoms with E-state index in [0.29, 0.717) is 18.3 Å². The molecule has 0 aliphatic heterocycles. The van der Waals surface area contributed by atoms with Crippen LogP contribution < -0.4 is 0 Å². The van der Waals surface area contributed by atoms with E-state index in [1.54, 1.807) is 7.05 Å². The molecule has 4 aliphatic rings. The maximum Gasteiger partial charge on any atom is 0.246 e. The first-order valence-electron chi connectivity index (χ1n) is 6.97. The molecule has 4 saturated carbocycles. The van der Waals surface area contributed by atoms with Crippen LogP contribution >= 0.6 is 0 Å². The Morgan fingerprint density at radius 3 is 2.44 bits per heavy atom. The van der Waals surface area contributed by atoms with E-state index in [1.165, 1.54) is 18.6 Å². The second-order valence-electron chi connectivity index (χ2n) is 6.94. The number of hydrogen-bond acceptors (Lipinski definition) is 3. The van der Waals surface area contributed by atoms with Crippen LogP contribution in [0.5, 0.6) is 0 Å². The third-order valence-corrected chi connectivity index (χ3v) is 5.30. The molecule has 4 rings (SSSR count).